The lowest BCUT2D eigenvalue weighted by Gasteiger charge is -2.20. The molecule has 0 saturated heterocycles. The molecule has 0 amide bonds. The van der Waals surface area contributed by atoms with Crippen molar-refractivity contribution in [2.24, 2.45) is 4.99 Å². The van der Waals surface area contributed by atoms with Crippen molar-refractivity contribution in [1.29, 1.82) is 0 Å². The molecule has 0 saturated carbocycles. The zero-order valence-corrected chi connectivity index (χ0v) is 16.1. The molecule has 0 N–H and O–H groups in total. The van der Waals surface area contributed by atoms with Gasteiger partial charge in [-0.1, -0.05) is 64.6 Å². The molecular formula is C17H12Cl4N2O3. The summed E-state index contributed by atoms with van der Waals surface area (Å²) in [5.41, 5.74) is 0.773. The molecule has 9 heteroatoms. The van der Waals surface area contributed by atoms with E-state index in [4.69, 9.17) is 46.4 Å². The van der Waals surface area contributed by atoms with E-state index in [-0.39, 0.29) is 23.5 Å². The van der Waals surface area contributed by atoms with Crippen molar-refractivity contribution in [3.8, 4) is 0 Å². The normalized spacial score (nSPS) is 12.9. The van der Waals surface area contributed by atoms with E-state index < -0.39 is 14.8 Å². The summed E-state index contributed by atoms with van der Waals surface area (Å²) in [6.45, 7) is 0. The molecule has 0 aromatic heterocycles. The predicted molar refractivity (Wildman–Crippen MR) is 105 cm³/mol. The van der Waals surface area contributed by atoms with Gasteiger partial charge < -0.3 is 0 Å². The summed E-state index contributed by atoms with van der Waals surface area (Å²) in [6, 6.07) is 11.2. The molecule has 2 aromatic rings. The van der Waals surface area contributed by atoms with Crippen LogP contribution in [0.1, 0.15) is 22.3 Å². The fourth-order valence-electron chi connectivity index (χ4n) is 2.07. The lowest BCUT2D eigenvalue weighted by molar-refractivity contribution is -0.384. The molecule has 0 bridgehead atoms. The standard InChI is InChI=1S/C17H12Cl4N2O3/c18-14-4-2-1-3-12(14)10-22-16(17(19,20)21)9-15(24)11-5-7-13(8-6-11)23(25)26/h1-8,10,16H,9H2. The quantitative estimate of drug-likeness (QED) is 0.193. The maximum Gasteiger partial charge on any atom is 0.269 e. The molecule has 0 spiro atoms. The maximum atomic E-state index is 12.4. The lowest BCUT2D eigenvalue weighted by Crippen LogP contribution is -2.27. The van der Waals surface area contributed by atoms with Crippen molar-refractivity contribution in [3.05, 3.63) is 74.8 Å². The molecule has 26 heavy (non-hydrogen) atoms. The first kappa shape index (κ1) is 20.6. The second-order valence-corrected chi connectivity index (χ2v) is 8.06. The summed E-state index contributed by atoms with van der Waals surface area (Å²) in [4.78, 5) is 26.7. The van der Waals surface area contributed by atoms with Crippen LogP contribution in [0.4, 0.5) is 5.69 Å². The molecule has 2 rings (SSSR count). The monoisotopic (exact) mass is 432 g/mol. The van der Waals surface area contributed by atoms with Crippen molar-refractivity contribution in [1.82, 2.24) is 0 Å². The highest BCUT2D eigenvalue weighted by Gasteiger charge is 2.34. The lowest BCUT2D eigenvalue weighted by atomic mass is 10.0. The number of carbonyl (C=O) groups is 1. The van der Waals surface area contributed by atoms with Gasteiger partial charge in [0.25, 0.3) is 5.69 Å². The molecule has 1 atom stereocenters. The van der Waals surface area contributed by atoms with Gasteiger partial charge in [-0.3, -0.25) is 19.9 Å². The highest BCUT2D eigenvalue weighted by molar-refractivity contribution is 6.68. The first-order valence-electron chi connectivity index (χ1n) is 7.30. The van der Waals surface area contributed by atoms with Gasteiger partial charge in [-0.15, -0.1) is 0 Å². The van der Waals surface area contributed by atoms with Gasteiger partial charge in [-0.05, 0) is 18.2 Å². The summed E-state index contributed by atoms with van der Waals surface area (Å²) >= 11 is 23.9. The summed E-state index contributed by atoms with van der Waals surface area (Å²) < 4.78 is -1.81. The Morgan fingerprint density at radius 1 is 1.15 bits per heavy atom. The van der Waals surface area contributed by atoms with Gasteiger partial charge in [0.2, 0.25) is 3.79 Å². The van der Waals surface area contributed by atoms with Crippen molar-refractivity contribution >= 4 is 64.1 Å². The third-order valence-electron chi connectivity index (χ3n) is 3.46. The number of nitro benzene ring substituents is 1. The van der Waals surface area contributed by atoms with Crippen LogP contribution in [-0.4, -0.2) is 26.8 Å². The number of hydrogen-bond acceptors (Lipinski definition) is 4. The van der Waals surface area contributed by atoms with Crippen molar-refractivity contribution in [2.45, 2.75) is 16.3 Å². The Hall–Kier alpha value is -1.66. The fraction of sp³-hybridized carbons (Fsp3) is 0.176. The largest absolute Gasteiger partial charge is 0.294 e. The number of halogens is 4. The van der Waals surface area contributed by atoms with E-state index in [1.807, 2.05) is 0 Å². The molecule has 0 fully saturated rings. The molecule has 5 nitrogen and oxygen atoms in total. The van der Waals surface area contributed by atoms with E-state index in [9.17, 15) is 14.9 Å². The van der Waals surface area contributed by atoms with Gasteiger partial charge in [0.15, 0.2) is 5.78 Å². The topological polar surface area (TPSA) is 72.6 Å². The van der Waals surface area contributed by atoms with Gasteiger partial charge in [-0.2, -0.15) is 0 Å². The van der Waals surface area contributed by atoms with Crippen LogP contribution in [-0.2, 0) is 0 Å². The molecule has 1 unspecified atom stereocenters. The summed E-state index contributed by atoms with van der Waals surface area (Å²) in [5.74, 6) is -0.354. The Labute approximate surface area is 169 Å². The molecule has 136 valence electrons. The van der Waals surface area contributed by atoms with Gasteiger partial charge >= 0.3 is 0 Å². The van der Waals surface area contributed by atoms with Crippen molar-refractivity contribution < 1.29 is 9.72 Å². The number of benzene rings is 2. The van der Waals surface area contributed by atoms with Crippen LogP contribution >= 0.6 is 46.4 Å². The van der Waals surface area contributed by atoms with Crippen LogP contribution < -0.4 is 0 Å². The molecule has 0 radical (unpaired) electrons. The van der Waals surface area contributed by atoms with E-state index in [0.29, 0.717) is 10.6 Å². The summed E-state index contributed by atoms with van der Waals surface area (Å²) in [7, 11) is 0. The number of Topliss-reactive ketones (excluding diaryl/α,β-unsaturated/α-hetero) is 1. The SMILES string of the molecule is O=C(CC(N=Cc1ccccc1Cl)C(Cl)(Cl)Cl)c1ccc([N+](=O)[O-])cc1. The van der Waals surface area contributed by atoms with Crippen LogP contribution in [0.25, 0.3) is 0 Å². The fourth-order valence-corrected chi connectivity index (χ4v) is 2.65. The zero-order chi connectivity index (χ0) is 19.3. The van der Waals surface area contributed by atoms with Crippen LogP contribution in [0.15, 0.2) is 53.5 Å². The number of carbonyl (C=O) groups excluding carboxylic acids is 1. The van der Waals surface area contributed by atoms with Crippen molar-refractivity contribution in [3.63, 3.8) is 0 Å². The number of rotatable bonds is 6. The first-order chi connectivity index (χ1) is 12.2. The Morgan fingerprint density at radius 3 is 2.31 bits per heavy atom. The number of nitrogens with zero attached hydrogens (tertiary/aromatic N) is 2. The highest BCUT2D eigenvalue weighted by atomic mass is 35.6. The van der Waals surface area contributed by atoms with E-state index in [1.54, 1.807) is 24.3 Å². The number of aliphatic imine (C=N–C) groups is 1. The van der Waals surface area contributed by atoms with Crippen LogP contribution in [0.2, 0.25) is 5.02 Å². The Morgan fingerprint density at radius 2 is 1.77 bits per heavy atom. The van der Waals surface area contributed by atoms with Crippen LogP contribution in [0, 0.1) is 10.1 Å². The van der Waals surface area contributed by atoms with Gasteiger partial charge in [-0.25, -0.2) is 0 Å². The van der Waals surface area contributed by atoms with Gasteiger partial charge in [0.1, 0.15) is 6.04 Å². The molecule has 0 aliphatic rings. The Bertz CT molecular complexity index is 833. The first-order valence-corrected chi connectivity index (χ1v) is 8.81. The zero-order valence-electron chi connectivity index (χ0n) is 13.1. The molecule has 0 aliphatic carbocycles. The van der Waals surface area contributed by atoms with Crippen molar-refractivity contribution in [2.75, 3.05) is 0 Å². The number of hydrogen-bond donors (Lipinski definition) is 0. The van der Waals surface area contributed by atoms with Gasteiger partial charge in [0.05, 0.1) is 4.92 Å². The predicted octanol–water partition coefficient (Wildman–Crippen LogP) is 5.68. The second-order valence-electron chi connectivity index (χ2n) is 5.29. The van der Waals surface area contributed by atoms with E-state index >= 15 is 0 Å². The van der Waals surface area contributed by atoms with Crippen LogP contribution in [0.5, 0.6) is 0 Å². The highest BCUT2D eigenvalue weighted by Crippen LogP contribution is 2.35. The minimum atomic E-state index is -1.81. The minimum absolute atomic E-state index is 0.115. The smallest absolute Gasteiger partial charge is 0.269 e. The maximum absolute atomic E-state index is 12.4. The molecule has 0 heterocycles. The molecule has 2 aromatic carbocycles. The average molecular weight is 434 g/mol. The van der Waals surface area contributed by atoms with Gasteiger partial charge in [0, 0.05) is 40.9 Å². The van der Waals surface area contributed by atoms with E-state index in [2.05, 4.69) is 4.99 Å². The third-order valence-corrected chi connectivity index (χ3v) is 4.56. The Balaban J connectivity index is 2.19. The summed E-state index contributed by atoms with van der Waals surface area (Å²) in [5, 5.41) is 11.2. The number of alkyl halides is 3. The average Bonchev–Trinajstić information content (AvgIpc) is 2.58. The minimum Gasteiger partial charge on any atom is -0.294 e. The molecular weight excluding hydrogens is 422 g/mol. The number of non-ortho nitro benzene ring substituents is 1. The third kappa shape index (κ3) is 5.68. The number of ketones is 1. The second kappa shape index (κ2) is 8.82. The Kier molecular flexibility index (Phi) is 7.01. The van der Waals surface area contributed by atoms with E-state index in [0.717, 1.165) is 0 Å². The number of nitro groups is 1. The summed E-state index contributed by atoms with van der Waals surface area (Å²) in [6.07, 6.45) is 1.26. The molecule has 0 aliphatic heterocycles. The van der Waals surface area contributed by atoms with E-state index in [1.165, 1.54) is 30.5 Å². The van der Waals surface area contributed by atoms with Crippen LogP contribution in [0.3, 0.4) is 0 Å².